The average molecular weight is 297 g/mol. The fraction of sp³-hybridized carbons (Fsp3) is 0.643. The van der Waals surface area contributed by atoms with Crippen molar-refractivity contribution in [3.8, 4) is 0 Å². The van der Waals surface area contributed by atoms with Crippen LogP contribution < -0.4 is 10.2 Å². The molecule has 1 fully saturated rings. The van der Waals surface area contributed by atoms with Gasteiger partial charge in [-0.05, 0) is 31.4 Å². The van der Waals surface area contributed by atoms with Crippen molar-refractivity contribution in [2.24, 2.45) is 0 Å². The molecule has 1 saturated carbocycles. The van der Waals surface area contributed by atoms with Crippen LogP contribution in [-0.2, 0) is 16.4 Å². The molecule has 0 aromatic carbocycles. The first-order chi connectivity index (χ1) is 9.35. The van der Waals surface area contributed by atoms with Gasteiger partial charge in [-0.3, -0.25) is 0 Å². The molecule has 0 spiro atoms. The van der Waals surface area contributed by atoms with E-state index in [9.17, 15) is 8.42 Å². The molecule has 0 saturated heterocycles. The molecular formula is C14H23N3O2S. The summed E-state index contributed by atoms with van der Waals surface area (Å²) in [6.45, 7) is 3.32. The summed E-state index contributed by atoms with van der Waals surface area (Å²) in [5.74, 6) is 0.969. The summed E-state index contributed by atoms with van der Waals surface area (Å²) in [6.07, 6.45) is 3.81. The molecule has 1 N–H and O–H groups in total. The number of nitrogens with zero attached hydrogens (tertiary/aromatic N) is 2. The molecule has 0 atom stereocenters. The van der Waals surface area contributed by atoms with Crippen LogP contribution in [-0.4, -0.2) is 45.0 Å². The molecule has 2 rings (SSSR count). The van der Waals surface area contributed by atoms with E-state index in [0.717, 1.165) is 18.1 Å². The highest BCUT2D eigenvalue weighted by Crippen LogP contribution is 2.20. The van der Waals surface area contributed by atoms with Gasteiger partial charge in [0.1, 0.15) is 15.7 Å². The van der Waals surface area contributed by atoms with E-state index in [4.69, 9.17) is 0 Å². The van der Waals surface area contributed by atoms with Gasteiger partial charge in [0.05, 0.1) is 5.75 Å². The van der Waals surface area contributed by atoms with Gasteiger partial charge in [0.25, 0.3) is 0 Å². The third-order valence-corrected chi connectivity index (χ3v) is 4.45. The molecule has 1 heterocycles. The number of aryl methyl sites for hydroxylation is 1. The second kappa shape index (κ2) is 6.10. The standard InChI is InChI=1S/C14H23N3O2S/c1-11-12(10-15-13-5-6-13)4-7-14(16-11)17(2)8-9-20(3,18)19/h4,7,13,15H,5-6,8-10H2,1-3H3. The summed E-state index contributed by atoms with van der Waals surface area (Å²) in [6, 6.07) is 4.72. The van der Waals surface area contributed by atoms with Crippen molar-refractivity contribution in [2.45, 2.75) is 32.4 Å². The molecule has 1 aliphatic carbocycles. The van der Waals surface area contributed by atoms with Gasteiger partial charge in [-0.25, -0.2) is 13.4 Å². The molecule has 1 aromatic heterocycles. The first kappa shape index (κ1) is 15.3. The number of rotatable bonds is 7. The Balaban J connectivity index is 1.95. The molecular weight excluding hydrogens is 274 g/mol. The number of hydrogen-bond donors (Lipinski definition) is 1. The van der Waals surface area contributed by atoms with E-state index in [1.165, 1.54) is 24.7 Å². The van der Waals surface area contributed by atoms with Crippen molar-refractivity contribution in [1.82, 2.24) is 10.3 Å². The predicted octanol–water partition coefficient (Wildman–Crippen LogP) is 1.12. The lowest BCUT2D eigenvalue weighted by atomic mass is 10.2. The molecule has 1 aliphatic rings. The van der Waals surface area contributed by atoms with Crippen LogP contribution in [0.2, 0.25) is 0 Å². The highest BCUT2D eigenvalue weighted by Gasteiger charge is 2.20. The lowest BCUT2D eigenvalue weighted by molar-refractivity contribution is 0.601. The SMILES string of the molecule is Cc1nc(N(C)CCS(C)(=O)=O)ccc1CNC1CC1. The van der Waals surface area contributed by atoms with Gasteiger partial charge in [0.15, 0.2) is 0 Å². The zero-order valence-corrected chi connectivity index (χ0v) is 13.2. The smallest absolute Gasteiger partial charge is 0.149 e. The maximum Gasteiger partial charge on any atom is 0.149 e. The lowest BCUT2D eigenvalue weighted by Crippen LogP contribution is -2.26. The van der Waals surface area contributed by atoms with Crippen LogP contribution in [0, 0.1) is 6.92 Å². The number of anilines is 1. The van der Waals surface area contributed by atoms with Crippen LogP contribution in [0.25, 0.3) is 0 Å². The highest BCUT2D eigenvalue weighted by atomic mass is 32.2. The van der Waals surface area contributed by atoms with Gasteiger partial charge >= 0.3 is 0 Å². The Kier molecular flexibility index (Phi) is 4.65. The molecule has 0 bridgehead atoms. The van der Waals surface area contributed by atoms with Crippen molar-refractivity contribution in [1.29, 1.82) is 0 Å². The van der Waals surface area contributed by atoms with Crippen LogP contribution >= 0.6 is 0 Å². The molecule has 0 radical (unpaired) electrons. The third kappa shape index (κ3) is 4.76. The van der Waals surface area contributed by atoms with Gasteiger partial charge in [0, 0.05) is 38.1 Å². The quantitative estimate of drug-likeness (QED) is 0.817. The Labute approximate surface area is 121 Å². The van der Waals surface area contributed by atoms with E-state index in [1.54, 1.807) is 0 Å². The second-order valence-corrected chi connectivity index (χ2v) is 7.88. The average Bonchev–Trinajstić information content (AvgIpc) is 3.17. The molecule has 20 heavy (non-hydrogen) atoms. The van der Waals surface area contributed by atoms with Crippen LogP contribution in [0.3, 0.4) is 0 Å². The fourth-order valence-corrected chi connectivity index (χ4v) is 2.54. The summed E-state index contributed by atoms with van der Waals surface area (Å²) in [4.78, 5) is 6.44. The molecule has 6 heteroatoms. The van der Waals surface area contributed by atoms with Crippen LogP contribution in [0.5, 0.6) is 0 Å². The Bertz CT molecular complexity index is 568. The number of sulfone groups is 1. The number of pyridine rings is 1. The van der Waals surface area contributed by atoms with Gasteiger partial charge in [-0.1, -0.05) is 6.07 Å². The Morgan fingerprint density at radius 2 is 2.10 bits per heavy atom. The molecule has 5 nitrogen and oxygen atoms in total. The fourth-order valence-electron chi connectivity index (χ4n) is 1.94. The topological polar surface area (TPSA) is 62.3 Å². The first-order valence-electron chi connectivity index (χ1n) is 6.94. The zero-order valence-electron chi connectivity index (χ0n) is 12.4. The van der Waals surface area contributed by atoms with Crippen molar-refractivity contribution in [3.63, 3.8) is 0 Å². The van der Waals surface area contributed by atoms with Crippen LogP contribution in [0.4, 0.5) is 5.82 Å². The molecule has 0 unspecified atom stereocenters. The Morgan fingerprint density at radius 3 is 2.65 bits per heavy atom. The van der Waals surface area contributed by atoms with E-state index < -0.39 is 9.84 Å². The number of hydrogen-bond acceptors (Lipinski definition) is 5. The van der Waals surface area contributed by atoms with Crippen LogP contribution in [0.1, 0.15) is 24.1 Å². The van der Waals surface area contributed by atoms with Crippen molar-refractivity contribution < 1.29 is 8.42 Å². The minimum absolute atomic E-state index is 0.148. The van der Waals surface area contributed by atoms with E-state index in [-0.39, 0.29) is 5.75 Å². The van der Waals surface area contributed by atoms with E-state index >= 15 is 0 Å². The second-order valence-electron chi connectivity index (χ2n) is 5.62. The van der Waals surface area contributed by atoms with Crippen molar-refractivity contribution in [2.75, 3.05) is 30.5 Å². The van der Waals surface area contributed by atoms with Crippen molar-refractivity contribution >= 4 is 15.7 Å². The summed E-state index contributed by atoms with van der Waals surface area (Å²) >= 11 is 0. The summed E-state index contributed by atoms with van der Waals surface area (Å²) in [5.41, 5.74) is 2.21. The number of nitrogens with one attached hydrogen (secondary N) is 1. The molecule has 1 aromatic rings. The maximum absolute atomic E-state index is 11.2. The third-order valence-electron chi connectivity index (χ3n) is 3.53. The molecule has 0 amide bonds. The summed E-state index contributed by atoms with van der Waals surface area (Å²) in [7, 11) is -1.07. The van der Waals surface area contributed by atoms with Gasteiger partial charge < -0.3 is 10.2 Å². The number of aromatic nitrogens is 1. The Hall–Kier alpha value is -1.14. The largest absolute Gasteiger partial charge is 0.359 e. The lowest BCUT2D eigenvalue weighted by Gasteiger charge is -2.19. The highest BCUT2D eigenvalue weighted by molar-refractivity contribution is 7.90. The van der Waals surface area contributed by atoms with Gasteiger partial charge in [-0.15, -0.1) is 0 Å². The van der Waals surface area contributed by atoms with Crippen LogP contribution in [0.15, 0.2) is 12.1 Å². The molecule has 112 valence electrons. The summed E-state index contributed by atoms with van der Waals surface area (Å²) in [5, 5.41) is 3.47. The van der Waals surface area contributed by atoms with E-state index in [2.05, 4.69) is 16.4 Å². The van der Waals surface area contributed by atoms with E-state index in [1.807, 2.05) is 24.9 Å². The normalized spacial score (nSPS) is 15.3. The predicted molar refractivity (Wildman–Crippen MR) is 81.8 cm³/mol. The van der Waals surface area contributed by atoms with Gasteiger partial charge in [0.2, 0.25) is 0 Å². The minimum Gasteiger partial charge on any atom is -0.359 e. The molecule has 0 aliphatic heterocycles. The maximum atomic E-state index is 11.2. The van der Waals surface area contributed by atoms with Gasteiger partial charge in [-0.2, -0.15) is 0 Å². The summed E-state index contributed by atoms with van der Waals surface area (Å²) < 4.78 is 22.4. The monoisotopic (exact) mass is 297 g/mol. The first-order valence-corrected chi connectivity index (χ1v) is 9.00. The minimum atomic E-state index is -2.94. The zero-order chi connectivity index (χ0) is 14.8. The van der Waals surface area contributed by atoms with E-state index in [0.29, 0.717) is 12.6 Å². The van der Waals surface area contributed by atoms with Crippen molar-refractivity contribution in [3.05, 3.63) is 23.4 Å². The Morgan fingerprint density at radius 1 is 1.40 bits per heavy atom.